The molecule has 224 valence electrons. The molecule has 1 heterocycles. The number of anilines is 6. The van der Waals surface area contributed by atoms with Crippen molar-refractivity contribution in [2.75, 3.05) is 74.1 Å². The normalized spacial score (nSPS) is 12.7. The summed E-state index contributed by atoms with van der Waals surface area (Å²) >= 11 is 0. The van der Waals surface area contributed by atoms with Crippen LogP contribution in [0.3, 0.4) is 0 Å². The van der Waals surface area contributed by atoms with Gasteiger partial charge in [-0.1, -0.05) is 24.3 Å². The predicted molar refractivity (Wildman–Crippen MR) is 169 cm³/mol. The number of urea groups is 1. The second kappa shape index (κ2) is 14.2. The standard InChI is InChI=1S/C31H37N9O3/c1-38(2)15-16-39(3)26-19-27(43-5)25(18-24(26)35-29(41)22(20-32)17-21-11-12-21)36-30-33-14-13-28(37-30)40(4)31(42)34-23-9-7-6-8-10-23/h6-10,13-14,17-19,21H,11-12,15-16H2,1-5H3,(H,34,42)(H,35,41)(H,33,36,37)/b22-17+. The molecule has 0 radical (unpaired) electrons. The highest BCUT2D eigenvalue weighted by atomic mass is 16.5. The molecule has 3 aromatic rings. The monoisotopic (exact) mass is 583 g/mol. The molecule has 3 amide bonds. The summed E-state index contributed by atoms with van der Waals surface area (Å²) in [6, 6.07) is 16.0. The second-order valence-electron chi connectivity index (χ2n) is 10.5. The zero-order valence-corrected chi connectivity index (χ0v) is 25.1. The van der Waals surface area contributed by atoms with Gasteiger partial charge in [-0.3, -0.25) is 9.69 Å². The number of para-hydroxylation sites is 1. The molecule has 1 fully saturated rings. The quantitative estimate of drug-likeness (QED) is 0.205. The lowest BCUT2D eigenvalue weighted by Gasteiger charge is -2.26. The molecule has 0 bridgehead atoms. The highest BCUT2D eigenvalue weighted by molar-refractivity contribution is 6.08. The molecule has 4 rings (SSSR count). The average Bonchev–Trinajstić information content (AvgIpc) is 3.83. The fourth-order valence-corrected chi connectivity index (χ4v) is 4.12. The Morgan fingerprint density at radius 1 is 1.05 bits per heavy atom. The molecule has 12 heteroatoms. The van der Waals surface area contributed by atoms with Gasteiger partial charge < -0.3 is 30.5 Å². The number of rotatable bonds is 12. The molecule has 0 atom stereocenters. The van der Waals surface area contributed by atoms with Crippen LogP contribution in [0.1, 0.15) is 12.8 Å². The van der Waals surface area contributed by atoms with E-state index in [2.05, 4.69) is 30.8 Å². The number of hydrogen-bond donors (Lipinski definition) is 3. The number of methoxy groups -OCH3 is 1. The second-order valence-corrected chi connectivity index (χ2v) is 10.5. The molecule has 0 unspecified atom stereocenters. The predicted octanol–water partition coefficient (Wildman–Crippen LogP) is 4.69. The molecule has 2 aromatic carbocycles. The third-order valence-corrected chi connectivity index (χ3v) is 6.81. The smallest absolute Gasteiger partial charge is 0.327 e. The number of benzene rings is 2. The van der Waals surface area contributed by atoms with Crippen molar-refractivity contribution < 1.29 is 14.3 Å². The zero-order valence-electron chi connectivity index (χ0n) is 25.1. The third kappa shape index (κ3) is 8.43. The Bertz CT molecular complexity index is 1510. The van der Waals surface area contributed by atoms with Crippen molar-refractivity contribution in [2.24, 2.45) is 5.92 Å². The van der Waals surface area contributed by atoms with Crippen molar-refractivity contribution in [3.63, 3.8) is 0 Å². The molecule has 0 aliphatic heterocycles. The van der Waals surface area contributed by atoms with Crippen molar-refractivity contribution in [2.45, 2.75) is 12.8 Å². The molecule has 1 aliphatic rings. The molecular formula is C31H37N9O3. The summed E-state index contributed by atoms with van der Waals surface area (Å²) < 4.78 is 5.70. The molecule has 0 saturated heterocycles. The SMILES string of the molecule is COc1cc(N(C)CCN(C)C)c(NC(=O)/C(C#N)=C/C2CC2)cc1Nc1nccc(N(C)C(=O)Nc2ccccc2)n1. The number of nitriles is 1. The first-order valence-electron chi connectivity index (χ1n) is 13.9. The van der Waals surface area contributed by atoms with E-state index < -0.39 is 5.91 Å². The summed E-state index contributed by atoms with van der Waals surface area (Å²) in [6.07, 6.45) is 5.24. The van der Waals surface area contributed by atoms with E-state index in [1.54, 1.807) is 44.5 Å². The van der Waals surface area contributed by atoms with E-state index in [1.165, 1.54) is 11.1 Å². The van der Waals surface area contributed by atoms with E-state index in [4.69, 9.17) is 4.74 Å². The molecular weight excluding hydrogens is 546 g/mol. The van der Waals surface area contributed by atoms with Gasteiger partial charge in [0.25, 0.3) is 5.91 Å². The number of nitrogens with one attached hydrogen (secondary N) is 3. The van der Waals surface area contributed by atoms with Gasteiger partial charge in [0.05, 0.1) is 24.2 Å². The van der Waals surface area contributed by atoms with Gasteiger partial charge in [0.15, 0.2) is 0 Å². The minimum Gasteiger partial charge on any atom is -0.494 e. The Labute approximate surface area is 252 Å². The fraction of sp³-hybridized carbons (Fsp3) is 0.323. The van der Waals surface area contributed by atoms with Crippen molar-refractivity contribution in [3.05, 3.63) is 66.4 Å². The summed E-state index contributed by atoms with van der Waals surface area (Å²) in [7, 11) is 9.06. The number of nitrogens with zero attached hydrogens (tertiary/aromatic N) is 6. The summed E-state index contributed by atoms with van der Waals surface area (Å²) in [6.45, 7) is 1.46. The van der Waals surface area contributed by atoms with Gasteiger partial charge in [-0.2, -0.15) is 10.2 Å². The molecule has 12 nitrogen and oxygen atoms in total. The Morgan fingerprint density at radius 3 is 2.44 bits per heavy atom. The molecule has 1 saturated carbocycles. The Kier molecular flexibility index (Phi) is 10.1. The maximum absolute atomic E-state index is 13.1. The van der Waals surface area contributed by atoms with Crippen LogP contribution in [-0.4, -0.2) is 75.2 Å². The summed E-state index contributed by atoms with van der Waals surface area (Å²) in [5, 5.41) is 18.5. The van der Waals surface area contributed by atoms with Crippen LogP contribution in [-0.2, 0) is 4.79 Å². The van der Waals surface area contributed by atoms with E-state index in [0.717, 1.165) is 19.4 Å². The van der Waals surface area contributed by atoms with E-state index in [9.17, 15) is 14.9 Å². The number of likely N-dealkylation sites (N-methyl/N-ethyl adjacent to an activating group) is 2. The van der Waals surface area contributed by atoms with Crippen molar-refractivity contribution in [1.82, 2.24) is 14.9 Å². The van der Waals surface area contributed by atoms with Crippen LogP contribution in [0.25, 0.3) is 0 Å². The molecule has 1 aromatic heterocycles. The van der Waals surface area contributed by atoms with Crippen LogP contribution in [0.4, 0.5) is 39.3 Å². The largest absolute Gasteiger partial charge is 0.494 e. The number of carbonyl (C=O) groups excluding carboxylic acids is 2. The Balaban J connectivity index is 1.62. The van der Waals surface area contributed by atoms with Gasteiger partial charge in [0.2, 0.25) is 5.95 Å². The lowest BCUT2D eigenvalue weighted by atomic mass is 10.1. The zero-order chi connectivity index (χ0) is 30.9. The van der Waals surface area contributed by atoms with Gasteiger partial charge in [0.1, 0.15) is 23.2 Å². The third-order valence-electron chi connectivity index (χ3n) is 6.81. The van der Waals surface area contributed by atoms with E-state index in [-0.39, 0.29) is 23.5 Å². The summed E-state index contributed by atoms with van der Waals surface area (Å²) in [5.41, 5.74) is 2.44. The first-order chi connectivity index (χ1) is 20.7. The summed E-state index contributed by atoms with van der Waals surface area (Å²) in [5.74, 6) is 0.864. The van der Waals surface area contributed by atoms with Crippen LogP contribution in [0, 0.1) is 17.2 Å². The van der Waals surface area contributed by atoms with E-state index in [0.29, 0.717) is 40.9 Å². The number of aromatic nitrogens is 2. The summed E-state index contributed by atoms with van der Waals surface area (Å²) in [4.78, 5) is 40.2. The lowest BCUT2D eigenvalue weighted by molar-refractivity contribution is -0.112. The topological polar surface area (TPSA) is 139 Å². The van der Waals surface area contributed by atoms with Crippen LogP contribution >= 0.6 is 0 Å². The van der Waals surface area contributed by atoms with Gasteiger partial charge >= 0.3 is 6.03 Å². The fourth-order valence-electron chi connectivity index (χ4n) is 4.12. The Hall–Kier alpha value is -5.15. The van der Waals surface area contributed by atoms with Crippen LogP contribution in [0.5, 0.6) is 5.75 Å². The first-order valence-corrected chi connectivity index (χ1v) is 13.9. The number of hydrogen-bond acceptors (Lipinski definition) is 9. The van der Waals surface area contributed by atoms with Crippen molar-refractivity contribution in [1.29, 1.82) is 5.26 Å². The van der Waals surface area contributed by atoms with Crippen LogP contribution in [0.2, 0.25) is 0 Å². The molecule has 43 heavy (non-hydrogen) atoms. The number of ether oxygens (including phenoxy) is 1. The minimum atomic E-state index is -0.475. The Morgan fingerprint density at radius 2 is 1.79 bits per heavy atom. The van der Waals surface area contributed by atoms with Gasteiger partial charge in [-0.15, -0.1) is 0 Å². The highest BCUT2D eigenvalue weighted by Gasteiger charge is 2.23. The first kappa shape index (κ1) is 30.8. The van der Waals surface area contributed by atoms with Crippen molar-refractivity contribution >= 4 is 46.5 Å². The average molecular weight is 584 g/mol. The number of amides is 3. The lowest BCUT2D eigenvalue weighted by Crippen LogP contribution is -2.31. The van der Waals surface area contributed by atoms with Crippen LogP contribution < -0.4 is 30.5 Å². The van der Waals surface area contributed by atoms with Gasteiger partial charge in [-0.05, 0) is 57.1 Å². The van der Waals surface area contributed by atoms with Gasteiger partial charge in [-0.25, -0.2) is 9.78 Å². The van der Waals surface area contributed by atoms with Crippen LogP contribution in [0.15, 0.2) is 66.4 Å². The maximum Gasteiger partial charge on any atom is 0.327 e. The number of carbonyl (C=O) groups is 2. The minimum absolute atomic E-state index is 0.0857. The molecule has 0 spiro atoms. The van der Waals surface area contributed by atoms with Crippen molar-refractivity contribution in [3.8, 4) is 11.8 Å². The molecule has 3 N–H and O–H groups in total. The number of allylic oxidation sites excluding steroid dienone is 1. The van der Waals surface area contributed by atoms with E-state index in [1.807, 2.05) is 56.4 Å². The van der Waals surface area contributed by atoms with Gasteiger partial charge in [0, 0.05) is 45.1 Å². The molecule has 1 aliphatic carbocycles. The highest BCUT2D eigenvalue weighted by Crippen LogP contribution is 2.38. The van der Waals surface area contributed by atoms with E-state index >= 15 is 0 Å². The maximum atomic E-state index is 13.1.